The topological polar surface area (TPSA) is 56.0 Å². The van der Waals surface area contributed by atoms with Crippen molar-refractivity contribution in [2.24, 2.45) is 14.1 Å². The van der Waals surface area contributed by atoms with Gasteiger partial charge in [-0.25, -0.2) is 9.18 Å². The molecule has 0 unspecified atom stereocenters. The maximum absolute atomic E-state index is 13.0. The maximum atomic E-state index is 13.0. The van der Waals surface area contributed by atoms with Crippen molar-refractivity contribution in [1.29, 1.82) is 0 Å². The molecule has 1 aromatic carbocycles. The SMILES string of the molecule is Cn1c(CNc2ccc(F)c(Cl)c2)cc(=O)n(C)c1=O. The van der Waals surface area contributed by atoms with Gasteiger partial charge < -0.3 is 5.32 Å². The van der Waals surface area contributed by atoms with Gasteiger partial charge in [0, 0.05) is 31.5 Å². The van der Waals surface area contributed by atoms with Crippen molar-refractivity contribution in [3.8, 4) is 0 Å². The van der Waals surface area contributed by atoms with E-state index >= 15 is 0 Å². The van der Waals surface area contributed by atoms with Crippen LogP contribution in [-0.2, 0) is 20.6 Å². The average Bonchev–Trinajstić information content (AvgIpc) is 2.42. The molecule has 1 N–H and O–H groups in total. The first-order valence-electron chi connectivity index (χ1n) is 5.85. The molecular formula is C13H13ClFN3O2. The number of hydrogen-bond donors (Lipinski definition) is 1. The fourth-order valence-corrected chi connectivity index (χ4v) is 1.93. The van der Waals surface area contributed by atoms with Gasteiger partial charge >= 0.3 is 5.69 Å². The van der Waals surface area contributed by atoms with E-state index in [1.54, 1.807) is 7.05 Å². The minimum atomic E-state index is -0.502. The van der Waals surface area contributed by atoms with Gasteiger partial charge in [0.05, 0.1) is 11.6 Å². The number of aromatic nitrogens is 2. The van der Waals surface area contributed by atoms with Crippen molar-refractivity contribution < 1.29 is 4.39 Å². The lowest BCUT2D eigenvalue weighted by Crippen LogP contribution is -2.38. The molecule has 106 valence electrons. The molecule has 0 radical (unpaired) electrons. The fraction of sp³-hybridized carbons (Fsp3) is 0.231. The third kappa shape index (κ3) is 2.75. The van der Waals surface area contributed by atoms with Gasteiger partial charge in [0.1, 0.15) is 5.82 Å². The summed E-state index contributed by atoms with van der Waals surface area (Å²) in [5, 5.41) is 2.99. The third-order valence-electron chi connectivity index (χ3n) is 3.02. The molecule has 20 heavy (non-hydrogen) atoms. The van der Waals surface area contributed by atoms with Gasteiger partial charge in [-0.15, -0.1) is 0 Å². The van der Waals surface area contributed by atoms with Crippen LogP contribution in [0.2, 0.25) is 5.02 Å². The second-order valence-corrected chi connectivity index (χ2v) is 4.76. The molecule has 1 heterocycles. The lowest BCUT2D eigenvalue weighted by atomic mass is 10.3. The molecule has 0 aliphatic heterocycles. The zero-order valence-corrected chi connectivity index (χ0v) is 11.7. The fourth-order valence-electron chi connectivity index (χ4n) is 1.75. The highest BCUT2D eigenvalue weighted by atomic mass is 35.5. The molecule has 0 aliphatic carbocycles. The lowest BCUT2D eigenvalue weighted by molar-refractivity contribution is 0.628. The zero-order chi connectivity index (χ0) is 14.9. The molecule has 0 aliphatic rings. The minimum absolute atomic E-state index is 0.00728. The maximum Gasteiger partial charge on any atom is 0.330 e. The summed E-state index contributed by atoms with van der Waals surface area (Å²) in [4.78, 5) is 23.3. The van der Waals surface area contributed by atoms with Gasteiger partial charge in [-0.3, -0.25) is 13.9 Å². The molecular weight excluding hydrogens is 285 g/mol. The van der Waals surface area contributed by atoms with E-state index in [1.165, 1.54) is 35.9 Å². The Bertz CT molecular complexity index is 767. The van der Waals surface area contributed by atoms with Gasteiger partial charge in [0.25, 0.3) is 5.56 Å². The molecule has 7 heteroatoms. The van der Waals surface area contributed by atoms with Crippen LogP contribution in [0.15, 0.2) is 33.9 Å². The second kappa shape index (κ2) is 5.50. The van der Waals surface area contributed by atoms with E-state index in [9.17, 15) is 14.0 Å². The van der Waals surface area contributed by atoms with E-state index in [0.717, 1.165) is 4.57 Å². The average molecular weight is 298 g/mol. The Hall–Kier alpha value is -2.08. The summed E-state index contributed by atoms with van der Waals surface area (Å²) >= 11 is 5.67. The predicted molar refractivity (Wildman–Crippen MR) is 75.7 cm³/mol. The molecule has 1 aromatic heterocycles. The van der Waals surface area contributed by atoms with E-state index in [0.29, 0.717) is 11.4 Å². The van der Waals surface area contributed by atoms with E-state index < -0.39 is 11.5 Å². The van der Waals surface area contributed by atoms with Crippen LogP contribution in [0.5, 0.6) is 0 Å². The molecule has 0 atom stereocenters. The molecule has 0 amide bonds. The van der Waals surface area contributed by atoms with Crippen LogP contribution >= 0.6 is 11.6 Å². The van der Waals surface area contributed by atoms with Crippen molar-refractivity contribution in [3.05, 3.63) is 61.6 Å². The van der Waals surface area contributed by atoms with Crippen LogP contribution in [0.4, 0.5) is 10.1 Å². The normalized spacial score (nSPS) is 10.6. The number of hydrogen-bond acceptors (Lipinski definition) is 3. The number of nitrogens with zero attached hydrogens (tertiary/aromatic N) is 2. The Morgan fingerprint density at radius 3 is 2.55 bits per heavy atom. The van der Waals surface area contributed by atoms with Crippen molar-refractivity contribution >= 4 is 17.3 Å². The number of anilines is 1. The van der Waals surface area contributed by atoms with Gasteiger partial charge in [-0.1, -0.05) is 11.6 Å². The highest BCUT2D eigenvalue weighted by molar-refractivity contribution is 6.31. The second-order valence-electron chi connectivity index (χ2n) is 4.36. The van der Waals surface area contributed by atoms with Crippen LogP contribution < -0.4 is 16.6 Å². The minimum Gasteiger partial charge on any atom is -0.379 e. The zero-order valence-electron chi connectivity index (χ0n) is 11.0. The van der Waals surface area contributed by atoms with Crippen LogP contribution in [0, 0.1) is 5.82 Å². The first kappa shape index (κ1) is 14.3. The van der Waals surface area contributed by atoms with Crippen LogP contribution in [-0.4, -0.2) is 9.13 Å². The molecule has 0 spiro atoms. The smallest absolute Gasteiger partial charge is 0.330 e. The standard InChI is InChI=1S/C13H13ClFN3O2/c1-17-9(6-12(19)18(2)13(17)20)7-16-8-3-4-11(15)10(14)5-8/h3-6,16H,7H2,1-2H3. The Morgan fingerprint density at radius 2 is 1.90 bits per heavy atom. The first-order valence-corrected chi connectivity index (χ1v) is 6.23. The van der Waals surface area contributed by atoms with E-state index in [-0.39, 0.29) is 17.1 Å². The van der Waals surface area contributed by atoms with Crippen molar-refractivity contribution in [1.82, 2.24) is 9.13 Å². The number of benzene rings is 1. The van der Waals surface area contributed by atoms with Gasteiger partial charge in [0.2, 0.25) is 0 Å². The lowest BCUT2D eigenvalue weighted by Gasteiger charge is -2.11. The van der Waals surface area contributed by atoms with E-state index in [2.05, 4.69) is 5.32 Å². The summed E-state index contributed by atoms with van der Waals surface area (Å²) in [6.45, 7) is 0.254. The predicted octanol–water partition coefficient (Wildman–Crippen LogP) is 1.49. The van der Waals surface area contributed by atoms with Gasteiger partial charge in [-0.2, -0.15) is 0 Å². The van der Waals surface area contributed by atoms with Crippen molar-refractivity contribution in [2.75, 3.05) is 5.32 Å². The Morgan fingerprint density at radius 1 is 1.20 bits per heavy atom. The molecule has 5 nitrogen and oxygen atoms in total. The number of nitrogens with one attached hydrogen (secondary N) is 1. The molecule has 0 saturated carbocycles. The van der Waals surface area contributed by atoms with Crippen molar-refractivity contribution in [2.45, 2.75) is 6.54 Å². The highest BCUT2D eigenvalue weighted by Crippen LogP contribution is 2.19. The monoisotopic (exact) mass is 297 g/mol. The third-order valence-corrected chi connectivity index (χ3v) is 3.31. The summed E-state index contributed by atoms with van der Waals surface area (Å²) in [6.07, 6.45) is 0. The Balaban J connectivity index is 2.25. The van der Waals surface area contributed by atoms with Crippen molar-refractivity contribution in [3.63, 3.8) is 0 Å². The summed E-state index contributed by atoms with van der Waals surface area (Å²) in [5.74, 6) is -0.502. The van der Waals surface area contributed by atoms with Gasteiger partial charge in [-0.05, 0) is 18.2 Å². The quantitative estimate of drug-likeness (QED) is 0.934. The molecule has 2 rings (SSSR count). The summed E-state index contributed by atoms with van der Waals surface area (Å²) in [7, 11) is 3.00. The highest BCUT2D eigenvalue weighted by Gasteiger charge is 2.06. The first-order chi connectivity index (χ1) is 9.40. The molecule has 2 aromatic rings. The Kier molecular flexibility index (Phi) is 3.94. The number of halogens is 2. The largest absolute Gasteiger partial charge is 0.379 e. The summed E-state index contributed by atoms with van der Waals surface area (Å²) < 4.78 is 15.4. The Labute approximate surface area is 119 Å². The molecule has 0 bridgehead atoms. The van der Waals surface area contributed by atoms with Crippen LogP contribution in [0.1, 0.15) is 5.69 Å². The summed E-state index contributed by atoms with van der Waals surface area (Å²) in [6, 6.07) is 5.59. The van der Waals surface area contributed by atoms with Crippen LogP contribution in [0.25, 0.3) is 0 Å². The van der Waals surface area contributed by atoms with Crippen LogP contribution in [0.3, 0.4) is 0 Å². The van der Waals surface area contributed by atoms with Gasteiger partial charge in [0.15, 0.2) is 0 Å². The molecule has 0 fully saturated rings. The number of rotatable bonds is 3. The summed E-state index contributed by atoms with van der Waals surface area (Å²) in [5.41, 5.74) is 0.358. The van der Waals surface area contributed by atoms with E-state index in [4.69, 9.17) is 11.6 Å². The molecule has 0 saturated heterocycles. The van der Waals surface area contributed by atoms with E-state index in [1.807, 2.05) is 0 Å².